The molecule has 1 fully saturated rings. The van der Waals surface area contributed by atoms with Crippen LogP contribution in [0.4, 0.5) is 0 Å². The summed E-state index contributed by atoms with van der Waals surface area (Å²) in [6.45, 7) is 0. The Bertz CT molecular complexity index is 811. The highest BCUT2D eigenvalue weighted by atomic mass is 32.1. The second-order valence-corrected chi connectivity index (χ2v) is 6.59. The molecule has 2 aliphatic heterocycles. The van der Waals surface area contributed by atoms with Gasteiger partial charge in [0, 0.05) is 5.56 Å². The Morgan fingerprint density at radius 2 is 1.80 bits per heavy atom. The van der Waals surface area contributed by atoms with E-state index in [9.17, 15) is 0 Å². The molecule has 3 atom stereocenters. The Hall–Kier alpha value is -2.31. The Morgan fingerprint density at radius 3 is 2.60 bits per heavy atom. The molecule has 5 nitrogen and oxygen atoms in total. The molecular weight excluding hydrogens is 336 g/mol. The van der Waals surface area contributed by atoms with E-state index >= 15 is 0 Å². The van der Waals surface area contributed by atoms with Gasteiger partial charge in [0.1, 0.15) is 11.9 Å². The zero-order chi connectivity index (χ0) is 17.4. The number of thiocarbonyl (C=S) groups is 1. The van der Waals surface area contributed by atoms with Crippen LogP contribution in [0.2, 0.25) is 0 Å². The van der Waals surface area contributed by atoms with Crippen molar-refractivity contribution in [3.63, 3.8) is 0 Å². The molecule has 0 aromatic heterocycles. The van der Waals surface area contributed by atoms with Crippen LogP contribution >= 0.6 is 12.2 Å². The van der Waals surface area contributed by atoms with Crippen molar-refractivity contribution in [3.05, 3.63) is 53.6 Å². The molecule has 25 heavy (non-hydrogen) atoms. The van der Waals surface area contributed by atoms with Gasteiger partial charge in [-0.05, 0) is 24.1 Å². The number of ether oxygens (including phenoxy) is 3. The lowest BCUT2D eigenvalue weighted by atomic mass is 9.91. The first kappa shape index (κ1) is 16.2. The molecule has 0 radical (unpaired) electrons. The fourth-order valence-electron chi connectivity index (χ4n) is 3.48. The van der Waals surface area contributed by atoms with Gasteiger partial charge in [0.2, 0.25) is 0 Å². The number of hydrogen-bond donors (Lipinski definition) is 2. The zero-order valence-corrected chi connectivity index (χ0v) is 14.9. The highest BCUT2D eigenvalue weighted by Crippen LogP contribution is 2.40. The number of hydrogen-bond acceptors (Lipinski definition) is 5. The van der Waals surface area contributed by atoms with Crippen molar-refractivity contribution in [2.45, 2.75) is 18.8 Å². The van der Waals surface area contributed by atoms with Crippen molar-refractivity contribution < 1.29 is 14.2 Å². The van der Waals surface area contributed by atoms with Crippen molar-refractivity contribution in [2.24, 2.45) is 5.92 Å². The molecule has 0 spiro atoms. The predicted molar refractivity (Wildman–Crippen MR) is 99.2 cm³/mol. The van der Waals surface area contributed by atoms with Crippen molar-refractivity contribution in [2.75, 3.05) is 14.2 Å². The summed E-state index contributed by atoms with van der Waals surface area (Å²) in [5, 5.41) is 6.91. The van der Waals surface area contributed by atoms with Crippen LogP contribution in [0.5, 0.6) is 17.2 Å². The summed E-state index contributed by atoms with van der Waals surface area (Å²) < 4.78 is 17.2. The van der Waals surface area contributed by atoms with Gasteiger partial charge in [-0.1, -0.05) is 42.5 Å². The summed E-state index contributed by atoms with van der Waals surface area (Å²) in [6.07, 6.45) is 0.433. The topological polar surface area (TPSA) is 51.8 Å². The summed E-state index contributed by atoms with van der Waals surface area (Å²) in [5.74, 6) is 2.43. The maximum atomic E-state index is 6.25. The highest BCUT2D eigenvalue weighted by molar-refractivity contribution is 7.80. The summed E-state index contributed by atoms with van der Waals surface area (Å²) in [7, 11) is 3.32. The van der Waals surface area contributed by atoms with Crippen molar-refractivity contribution in [1.82, 2.24) is 10.6 Å². The van der Waals surface area contributed by atoms with Crippen LogP contribution in [0.1, 0.15) is 17.3 Å². The maximum absolute atomic E-state index is 6.25. The van der Waals surface area contributed by atoms with E-state index in [1.807, 2.05) is 36.4 Å². The Balaban J connectivity index is 1.65. The summed E-state index contributed by atoms with van der Waals surface area (Å²) in [6, 6.07) is 13.8. The number of methoxy groups -OCH3 is 2. The molecule has 2 aromatic rings. The minimum atomic E-state index is -0.215. The van der Waals surface area contributed by atoms with Gasteiger partial charge in [-0.25, -0.2) is 0 Å². The second-order valence-electron chi connectivity index (χ2n) is 6.15. The third kappa shape index (κ3) is 2.81. The standard InChI is InChI=1S/C19H20N2O3S/c1-22-14-8-4-3-7-12(14)17-20-18-13(19(25)21-17)10-11-6-5-9-15(23-2)16(11)24-18/h3-9,13,17-18,20H,10H2,1-2H3,(H,21,25). The van der Waals surface area contributed by atoms with E-state index in [0.717, 1.165) is 39.8 Å². The van der Waals surface area contributed by atoms with E-state index in [1.54, 1.807) is 14.2 Å². The number of rotatable bonds is 3. The summed E-state index contributed by atoms with van der Waals surface area (Å²) in [4.78, 5) is 0.799. The van der Waals surface area contributed by atoms with Gasteiger partial charge in [-0.2, -0.15) is 0 Å². The molecule has 2 N–H and O–H groups in total. The van der Waals surface area contributed by atoms with Crippen molar-refractivity contribution >= 4 is 17.2 Å². The van der Waals surface area contributed by atoms with Gasteiger partial charge < -0.3 is 19.5 Å². The molecule has 0 saturated carbocycles. The zero-order valence-electron chi connectivity index (χ0n) is 14.1. The molecule has 0 amide bonds. The van der Waals surface area contributed by atoms with Crippen molar-refractivity contribution in [3.8, 4) is 17.2 Å². The molecule has 2 heterocycles. The number of fused-ring (bicyclic) bond motifs is 2. The van der Waals surface area contributed by atoms with Crippen LogP contribution < -0.4 is 24.8 Å². The summed E-state index contributed by atoms with van der Waals surface area (Å²) >= 11 is 5.65. The lowest BCUT2D eigenvalue weighted by Gasteiger charge is -2.42. The number of benzene rings is 2. The molecule has 1 saturated heterocycles. The van der Waals surface area contributed by atoms with E-state index in [-0.39, 0.29) is 18.3 Å². The first-order valence-electron chi connectivity index (χ1n) is 8.23. The molecule has 0 bridgehead atoms. The van der Waals surface area contributed by atoms with Crippen LogP contribution in [0.15, 0.2) is 42.5 Å². The van der Waals surface area contributed by atoms with Crippen LogP contribution in [0.25, 0.3) is 0 Å². The van der Waals surface area contributed by atoms with E-state index < -0.39 is 0 Å². The Morgan fingerprint density at radius 1 is 1.04 bits per heavy atom. The monoisotopic (exact) mass is 356 g/mol. The molecule has 2 aliphatic rings. The van der Waals surface area contributed by atoms with Gasteiger partial charge >= 0.3 is 0 Å². The van der Waals surface area contributed by atoms with Crippen molar-refractivity contribution in [1.29, 1.82) is 0 Å². The second kappa shape index (κ2) is 6.54. The lowest BCUT2D eigenvalue weighted by molar-refractivity contribution is 0.0766. The fourth-order valence-corrected chi connectivity index (χ4v) is 3.80. The minimum absolute atomic E-state index is 0.0839. The quantitative estimate of drug-likeness (QED) is 0.825. The highest BCUT2D eigenvalue weighted by Gasteiger charge is 2.40. The minimum Gasteiger partial charge on any atom is -0.496 e. The first-order valence-corrected chi connectivity index (χ1v) is 8.64. The molecular formula is C19H20N2O3S. The largest absolute Gasteiger partial charge is 0.496 e. The summed E-state index contributed by atoms with van der Waals surface area (Å²) in [5.41, 5.74) is 2.11. The Labute approximate surface area is 152 Å². The first-order chi connectivity index (χ1) is 12.2. The average Bonchev–Trinajstić information content (AvgIpc) is 2.66. The number of para-hydroxylation sites is 2. The maximum Gasteiger partial charge on any atom is 0.166 e. The molecule has 130 valence electrons. The number of nitrogens with one attached hydrogen (secondary N) is 2. The smallest absolute Gasteiger partial charge is 0.166 e. The van der Waals surface area contributed by atoms with Gasteiger partial charge in [-0.15, -0.1) is 0 Å². The van der Waals surface area contributed by atoms with E-state index in [0.29, 0.717) is 0 Å². The van der Waals surface area contributed by atoms with Gasteiger partial charge in [0.25, 0.3) is 0 Å². The average molecular weight is 356 g/mol. The van der Waals surface area contributed by atoms with E-state index in [4.69, 9.17) is 26.4 Å². The normalized spacial score (nSPS) is 24.4. The third-order valence-electron chi connectivity index (χ3n) is 4.73. The van der Waals surface area contributed by atoms with Crippen LogP contribution in [0, 0.1) is 5.92 Å². The SMILES string of the molecule is COc1ccccc1C1NC(=S)C2Cc3cccc(OC)c3OC2N1. The van der Waals surface area contributed by atoms with Crippen LogP contribution in [0.3, 0.4) is 0 Å². The van der Waals surface area contributed by atoms with Gasteiger partial charge in [-0.3, -0.25) is 5.32 Å². The van der Waals surface area contributed by atoms with E-state index in [1.165, 1.54) is 0 Å². The van der Waals surface area contributed by atoms with Gasteiger partial charge in [0.05, 0.1) is 25.1 Å². The molecule has 6 heteroatoms. The third-order valence-corrected chi connectivity index (χ3v) is 5.16. The van der Waals surface area contributed by atoms with E-state index in [2.05, 4.69) is 16.7 Å². The predicted octanol–water partition coefficient (Wildman–Crippen LogP) is 2.80. The molecule has 2 aromatic carbocycles. The fraction of sp³-hybridized carbons (Fsp3) is 0.316. The molecule has 4 rings (SSSR count). The molecule has 3 unspecified atom stereocenters. The molecule has 0 aliphatic carbocycles. The Kier molecular flexibility index (Phi) is 4.23. The lowest BCUT2D eigenvalue weighted by Crippen LogP contribution is -2.60. The van der Waals surface area contributed by atoms with Gasteiger partial charge in [0.15, 0.2) is 17.7 Å². The van der Waals surface area contributed by atoms with Crippen LogP contribution in [-0.2, 0) is 6.42 Å². The van der Waals surface area contributed by atoms with Crippen LogP contribution in [-0.4, -0.2) is 25.4 Å².